The van der Waals surface area contributed by atoms with E-state index in [0.29, 0.717) is 16.3 Å². The molecular weight excluding hydrogens is 490 g/mol. The summed E-state index contributed by atoms with van der Waals surface area (Å²) in [5.74, 6) is -0.387. The van der Waals surface area contributed by atoms with E-state index < -0.39 is 5.25 Å². The lowest BCUT2D eigenvalue weighted by Crippen LogP contribution is -2.19. The van der Waals surface area contributed by atoms with Crippen molar-refractivity contribution in [1.29, 1.82) is 0 Å². The smallest absolute Gasteiger partial charge is 0.255 e. The van der Waals surface area contributed by atoms with Gasteiger partial charge in [-0.3, -0.25) is 9.59 Å². The van der Waals surface area contributed by atoms with Crippen molar-refractivity contribution in [3.05, 3.63) is 125 Å². The van der Waals surface area contributed by atoms with Crippen molar-refractivity contribution in [3.63, 3.8) is 0 Å². The molecule has 0 aliphatic carbocycles. The third-order valence-corrected chi connectivity index (χ3v) is 7.08. The molecule has 36 heavy (non-hydrogen) atoms. The van der Waals surface area contributed by atoms with Gasteiger partial charge in [-0.2, -0.15) is 0 Å². The Labute approximate surface area is 217 Å². The Morgan fingerprint density at radius 3 is 2.42 bits per heavy atom. The number of rotatable bonds is 7. The van der Waals surface area contributed by atoms with E-state index in [1.165, 1.54) is 11.8 Å². The maximum absolute atomic E-state index is 13.4. The predicted octanol–water partition coefficient (Wildman–Crippen LogP) is 7.55. The van der Waals surface area contributed by atoms with Gasteiger partial charge in [-0.1, -0.05) is 60.1 Å². The van der Waals surface area contributed by atoms with Crippen LogP contribution in [0, 0.1) is 0 Å². The molecule has 0 radical (unpaired) electrons. The van der Waals surface area contributed by atoms with Crippen LogP contribution in [0.1, 0.15) is 21.2 Å². The highest BCUT2D eigenvalue weighted by atomic mass is 35.5. The molecule has 0 spiro atoms. The zero-order valence-electron chi connectivity index (χ0n) is 19.1. The average Bonchev–Trinajstić information content (AvgIpc) is 3.36. The van der Waals surface area contributed by atoms with Crippen LogP contribution in [0.15, 0.2) is 114 Å². The van der Waals surface area contributed by atoms with Crippen LogP contribution in [0.3, 0.4) is 0 Å². The molecule has 0 saturated carbocycles. The van der Waals surface area contributed by atoms with E-state index in [4.69, 9.17) is 11.6 Å². The van der Waals surface area contributed by atoms with Gasteiger partial charge < -0.3 is 15.6 Å². The number of halogens is 1. The lowest BCUT2D eigenvalue weighted by Gasteiger charge is -2.18. The predicted molar refractivity (Wildman–Crippen MR) is 148 cm³/mol. The van der Waals surface area contributed by atoms with E-state index in [9.17, 15) is 9.59 Å². The maximum Gasteiger partial charge on any atom is 0.255 e. The monoisotopic (exact) mass is 511 g/mol. The van der Waals surface area contributed by atoms with Crippen molar-refractivity contribution in [3.8, 4) is 0 Å². The first-order valence-corrected chi connectivity index (χ1v) is 12.6. The summed E-state index contributed by atoms with van der Waals surface area (Å²) in [5, 5.41) is 7.05. The van der Waals surface area contributed by atoms with Crippen molar-refractivity contribution >= 4 is 57.5 Å². The number of carbonyl (C=O) groups is 2. The number of carbonyl (C=O) groups excluding carboxylic acids is 2. The topological polar surface area (TPSA) is 74.0 Å². The lowest BCUT2D eigenvalue weighted by atomic mass is 10.1. The summed E-state index contributed by atoms with van der Waals surface area (Å²) in [6.45, 7) is 0. The second kappa shape index (κ2) is 10.7. The van der Waals surface area contributed by atoms with Crippen molar-refractivity contribution in [2.24, 2.45) is 0 Å². The lowest BCUT2D eigenvalue weighted by molar-refractivity contribution is -0.115. The van der Waals surface area contributed by atoms with Gasteiger partial charge in [-0.05, 0) is 65.5 Å². The first-order valence-electron chi connectivity index (χ1n) is 11.3. The molecular formula is C29H22ClN3O2S. The minimum atomic E-state index is -0.496. The van der Waals surface area contributed by atoms with E-state index in [-0.39, 0.29) is 11.8 Å². The molecule has 0 aliphatic rings. The van der Waals surface area contributed by atoms with Crippen LogP contribution in [0.4, 0.5) is 11.4 Å². The van der Waals surface area contributed by atoms with Crippen LogP contribution in [-0.4, -0.2) is 16.8 Å². The largest absolute Gasteiger partial charge is 0.361 e. The molecule has 7 heteroatoms. The molecule has 5 aromatic rings. The molecule has 0 bridgehead atoms. The number of hydrogen-bond acceptors (Lipinski definition) is 3. The Morgan fingerprint density at radius 1 is 0.778 bits per heavy atom. The average molecular weight is 512 g/mol. The fourth-order valence-electron chi connectivity index (χ4n) is 3.85. The molecule has 4 aromatic carbocycles. The Kier molecular flexibility index (Phi) is 7.07. The van der Waals surface area contributed by atoms with Gasteiger partial charge in [0.2, 0.25) is 5.91 Å². The number of aromatic amines is 1. The molecule has 1 aromatic heterocycles. The van der Waals surface area contributed by atoms with Gasteiger partial charge in [0.15, 0.2) is 0 Å². The normalized spacial score (nSPS) is 11.7. The Bertz CT molecular complexity index is 1530. The number of aromatic nitrogens is 1. The van der Waals surface area contributed by atoms with E-state index in [2.05, 4.69) is 15.6 Å². The molecule has 5 nitrogen and oxygen atoms in total. The quantitative estimate of drug-likeness (QED) is 0.197. The fraction of sp³-hybridized carbons (Fsp3) is 0.0345. The van der Waals surface area contributed by atoms with Crippen LogP contribution >= 0.6 is 23.4 Å². The maximum atomic E-state index is 13.4. The third kappa shape index (κ3) is 5.62. The van der Waals surface area contributed by atoms with Gasteiger partial charge in [0.1, 0.15) is 5.25 Å². The summed E-state index contributed by atoms with van der Waals surface area (Å²) in [6.07, 6.45) is 1.87. The second-order valence-corrected chi connectivity index (χ2v) is 9.78. The molecule has 1 atom stereocenters. The van der Waals surface area contributed by atoms with Crippen LogP contribution < -0.4 is 10.6 Å². The molecule has 0 saturated heterocycles. The minimum Gasteiger partial charge on any atom is -0.361 e. The van der Waals surface area contributed by atoms with E-state index in [1.807, 2.05) is 85.1 Å². The number of fused-ring (bicyclic) bond motifs is 1. The number of amides is 2. The molecule has 2 amide bonds. The van der Waals surface area contributed by atoms with Gasteiger partial charge in [0, 0.05) is 38.6 Å². The van der Waals surface area contributed by atoms with Crippen LogP contribution in [-0.2, 0) is 4.79 Å². The number of hydrogen-bond donors (Lipinski definition) is 3. The third-order valence-electron chi connectivity index (χ3n) is 5.60. The number of benzene rings is 4. The zero-order chi connectivity index (χ0) is 24.9. The molecule has 178 valence electrons. The summed E-state index contributed by atoms with van der Waals surface area (Å²) < 4.78 is 0. The molecule has 0 aliphatic heterocycles. The number of anilines is 2. The fourth-order valence-corrected chi connectivity index (χ4v) is 5.12. The Morgan fingerprint density at radius 2 is 1.58 bits per heavy atom. The molecule has 1 heterocycles. The number of H-pyrrole nitrogens is 1. The van der Waals surface area contributed by atoms with Crippen molar-refractivity contribution in [1.82, 2.24) is 4.98 Å². The second-order valence-electron chi connectivity index (χ2n) is 8.17. The van der Waals surface area contributed by atoms with E-state index >= 15 is 0 Å². The van der Waals surface area contributed by atoms with E-state index in [0.717, 1.165) is 27.0 Å². The van der Waals surface area contributed by atoms with E-state index in [1.54, 1.807) is 24.3 Å². The van der Waals surface area contributed by atoms with Crippen LogP contribution in [0.2, 0.25) is 5.02 Å². The summed E-state index contributed by atoms with van der Waals surface area (Å²) in [4.78, 5) is 30.1. The van der Waals surface area contributed by atoms with Gasteiger partial charge in [-0.25, -0.2) is 0 Å². The molecule has 0 fully saturated rings. The molecule has 1 unspecified atom stereocenters. The van der Waals surface area contributed by atoms with Crippen LogP contribution in [0.25, 0.3) is 10.9 Å². The number of nitrogens with one attached hydrogen (secondary N) is 3. The first-order chi connectivity index (χ1) is 17.5. The zero-order valence-corrected chi connectivity index (χ0v) is 20.6. The summed E-state index contributed by atoms with van der Waals surface area (Å²) in [7, 11) is 0. The van der Waals surface area contributed by atoms with Gasteiger partial charge in [0.05, 0.1) is 0 Å². The van der Waals surface area contributed by atoms with Gasteiger partial charge in [0.25, 0.3) is 5.91 Å². The van der Waals surface area contributed by atoms with Crippen molar-refractivity contribution in [2.45, 2.75) is 10.1 Å². The number of thioether (sulfide) groups is 1. The van der Waals surface area contributed by atoms with Gasteiger partial charge in [-0.15, -0.1) is 11.8 Å². The van der Waals surface area contributed by atoms with Crippen LogP contribution in [0.5, 0.6) is 0 Å². The minimum absolute atomic E-state index is 0.134. The van der Waals surface area contributed by atoms with Gasteiger partial charge >= 0.3 is 0 Å². The van der Waals surface area contributed by atoms with Crippen molar-refractivity contribution < 1.29 is 9.59 Å². The Balaban J connectivity index is 1.36. The Hall–Kier alpha value is -4.00. The highest BCUT2D eigenvalue weighted by Gasteiger charge is 2.22. The molecule has 5 rings (SSSR count). The first kappa shape index (κ1) is 23.7. The van der Waals surface area contributed by atoms with Crippen molar-refractivity contribution in [2.75, 3.05) is 10.6 Å². The standard InChI is InChI=1S/C29H22ClN3O2S/c30-22-9-4-8-21(16-22)28(34)32-23-10-5-11-25(17-23)36-27(20-6-2-1-3-7-20)29(35)33-24-13-12-19-14-15-31-26(19)18-24/h1-18,27,31H,(H,32,34)(H,33,35). The SMILES string of the molecule is O=C(Nc1cccc(SC(C(=O)Nc2ccc3cc[nH]c3c2)c2ccccc2)c1)c1cccc(Cl)c1. The summed E-state index contributed by atoms with van der Waals surface area (Å²) in [6, 6.07) is 31.7. The highest BCUT2D eigenvalue weighted by molar-refractivity contribution is 8.00. The summed E-state index contributed by atoms with van der Waals surface area (Å²) in [5.41, 5.74) is 3.67. The molecule has 3 N–H and O–H groups in total. The summed E-state index contributed by atoms with van der Waals surface area (Å²) >= 11 is 7.44. The highest BCUT2D eigenvalue weighted by Crippen LogP contribution is 2.37.